The summed E-state index contributed by atoms with van der Waals surface area (Å²) in [6.45, 7) is 3.35. The van der Waals surface area contributed by atoms with Crippen LogP contribution >= 0.6 is 0 Å². The topological polar surface area (TPSA) is 35.5 Å². The molecule has 1 saturated carbocycles. The zero-order valence-corrected chi connectivity index (χ0v) is 19.7. The summed E-state index contributed by atoms with van der Waals surface area (Å²) < 4.78 is 90.6. The Balaban J connectivity index is 0.00000456. The molecule has 0 bridgehead atoms. The molecule has 9 heteroatoms. The maximum atomic E-state index is 13.3. The third-order valence-corrected chi connectivity index (χ3v) is 7.06. The molecule has 0 aliphatic heterocycles. The van der Waals surface area contributed by atoms with E-state index >= 15 is 0 Å². The fourth-order valence-electron chi connectivity index (χ4n) is 4.63. The first-order valence-corrected chi connectivity index (χ1v) is 11.3. The summed E-state index contributed by atoms with van der Waals surface area (Å²) in [7, 11) is 1.34. The zero-order chi connectivity index (χ0) is 26.1. The molecule has 1 fully saturated rings. The van der Waals surface area contributed by atoms with Crippen LogP contribution in [0.25, 0.3) is 0 Å². The van der Waals surface area contributed by atoms with Gasteiger partial charge >= 0.3 is 18.3 Å². The number of ether oxygens (including phenoxy) is 2. The third kappa shape index (κ3) is 6.41. The van der Waals surface area contributed by atoms with Gasteiger partial charge in [0.1, 0.15) is 0 Å². The minimum Gasteiger partial charge on any atom is -0.469 e. The third-order valence-electron chi connectivity index (χ3n) is 7.06. The van der Waals surface area contributed by atoms with Crippen molar-refractivity contribution < 1.29 is 40.6 Å². The lowest BCUT2D eigenvalue weighted by Crippen LogP contribution is -2.43. The Morgan fingerprint density at radius 2 is 1.42 bits per heavy atom. The van der Waals surface area contributed by atoms with Crippen molar-refractivity contribution in [2.75, 3.05) is 13.7 Å². The average Bonchev–Trinajstić information content (AvgIpc) is 2.82. The van der Waals surface area contributed by atoms with Crippen LogP contribution in [0, 0.1) is 5.41 Å². The standard InChI is InChI=1S/C26H28F6O3.CH4/c1-17(18-13-20(25(27,28)29)15-21(14-18)26(30,31)32)35-16-24(19-7-5-4-6-8-19)11-9-23(2,10-12-24)22(33)34-3;/h4-8,13-15,17H,9-12,16H2,1-3H3;1H4/t17-,23?,24?;/m1./s1. The highest BCUT2D eigenvalue weighted by molar-refractivity contribution is 5.76. The molecular formula is C27H32F6O3. The van der Waals surface area contributed by atoms with Crippen LogP contribution in [-0.2, 0) is 32.0 Å². The molecule has 2 aromatic rings. The second kappa shape index (κ2) is 10.8. The summed E-state index contributed by atoms with van der Waals surface area (Å²) >= 11 is 0. The van der Waals surface area contributed by atoms with E-state index < -0.39 is 40.4 Å². The van der Waals surface area contributed by atoms with Crippen LogP contribution in [0.5, 0.6) is 0 Å². The number of hydrogen-bond acceptors (Lipinski definition) is 3. The van der Waals surface area contributed by atoms with E-state index in [1.165, 1.54) is 14.0 Å². The Bertz CT molecular complexity index is 990. The highest BCUT2D eigenvalue weighted by Gasteiger charge is 2.46. The van der Waals surface area contributed by atoms with Gasteiger partial charge in [0, 0.05) is 5.41 Å². The van der Waals surface area contributed by atoms with Gasteiger partial charge in [-0.15, -0.1) is 0 Å². The summed E-state index contributed by atoms with van der Waals surface area (Å²) in [6.07, 6.45) is -8.77. The second-order valence-electron chi connectivity index (χ2n) is 9.49. The monoisotopic (exact) mass is 518 g/mol. The number of carbonyl (C=O) groups is 1. The number of methoxy groups -OCH3 is 1. The van der Waals surface area contributed by atoms with E-state index in [4.69, 9.17) is 9.47 Å². The molecule has 0 unspecified atom stereocenters. The smallest absolute Gasteiger partial charge is 0.416 e. The number of rotatable bonds is 6. The van der Waals surface area contributed by atoms with Gasteiger partial charge < -0.3 is 9.47 Å². The minimum atomic E-state index is -4.93. The van der Waals surface area contributed by atoms with Crippen molar-refractivity contribution in [3.05, 3.63) is 70.8 Å². The lowest BCUT2D eigenvalue weighted by Gasteiger charge is -2.44. The van der Waals surface area contributed by atoms with Gasteiger partial charge in [-0.2, -0.15) is 26.3 Å². The van der Waals surface area contributed by atoms with E-state index in [9.17, 15) is 31.1 Å². The highest BCUT2D eigenvalue weighted by atomic mass is 19.4. The van der Waals surface area contributed by atoms with Crippen LogP contribution in [0.1, 0.15) is 75.3 Å². The molecule has 2 aromatic carbocycles. The molecule has 0 saturated heterocycles. The van der Waals surface area contributed by atoms with Gasteiger partial charge in [0.05, 0.1) is 36.4 Å². The number of benzene rings is 2. The summed E-state index contributed by atoms with van der Waals surface area (Å²) in [5, 5.41) is 0. The van der Waals surface area contributed by atoms with Crippen molar-refractivity contribution >= 4 is 5.97 Å². The lowest BCUT2D eigenvalue weighted by atomic mass is 9.62. The van der Waals surface area contributed by atoms with E-state index in [1.807, 2.05) is 37.3 Å². The molecule has 1 atom stereocenters. The number of carbonyl (C=O) groups excluding carboxylic acids is 1. The number of esters is 1. The van der Waals surface area contributed by atoms with Crippen LogP contribution in [-0.4, -0.2) is 19.7 Å². The van der Waals surface area contributed by atoms with Crippen molar-refractivity contribution in [2.45, 2.75) is 70.8 Å². The van der Waals surface area contributed by atoms with Crippen LogP contribution in [0.2, 0.25) is 0 Å². The molecule has 200 valence electrons. The molecule has 0 aromatic heterocycles. The number of hydrogen-bond donors (Lipinski definition) is 0. The molecule has 0 amide bonds. The van der Waals surface area contributed by atoms with Gasteiger partial charge in [0.25, 0.3) is 0 Å². The van der Waals surface area contributed by atoms with Gasteiger partial charge in [0.15, 0.2) is 0 Å². The Morgan fingerprint density at radius 3 is 1.86 bits per heavy atom. The molecule has 3 rings (SSSR count). The summed E-state index contributed by atoms with van der Waals surface area (Å²) in [6, 6.07) is 10.9. The van der Waals surface area contributed by atoms with Gasteiger partial charge in [-0.3, -0.25) is 4.79 Å². The Hall–Kier alpha value is -2.55. The van der Waals surface area contributed by atoms with Crippen molar-refractivity contribution in [1.29, 1.82) is 0 Å². The zero-order valence-electron chi connectivity index (χ0n) is 19.7. The van der Waals surface area contributed by atoms with Gasteiger partial charge in [-0.25, -0.2) is 0 Å². The predicted molar refractivity (Wildman–Crippen MR) is 124 cm³/mol. The number of halogens is 6. The van der Waals surface area contributed by atoms with Gasteiger partial charge in [-0.05, 0) is 68.9 Å². The predicted octanol–water partition coefficient (Wildman–Crippen LogP) is 8.13. The summed E-state index contributed by atoms with van der Waals surface area (Å²) in [5.41, 5.74) is -3.22. The van der Waals surface area contributed by atoms with E-state index in [1.54, 1.807) is 0 Å². The van der Waals surface area contributed by atoms with Crippen LogP contribution in [0.3, 0.4) is 0 Å². The molecule has 36 heavy (non-hydrogen) atoms. The molecule has 3 nitrogen and oxygen atoms in total. The van der Waals surface area contributed by atoms with Crippen LogP contribution < -0.4 is 0 Å². The molecule has 0 heterocycles. The maximum Gasteiger partial charge on any atom is 0.416 e. The van der Waals surface area contributed by atoms with Crippen molar-refractivity contribution in [3.8, 4) is 0 Å². The first-order valence-electron chi connectivity index (χ1n) is 11.3. The first-order chi connectivity index (χ1) is 16.2. The summed E-state index contributed by atoms with van der Waals surface area (Å²) in [5.74, 6) is -0.308. The van der Waals surface area contributed by atoms with Crippen LogP contribution in [0.15, 0.2) is 48.5 Å². The summed E-state index contributed by atoms with van der Waals surface area (Å²) in [4.78, 5) is 12.3. The first kappa shape index (κ1) is 29.7. The fraction of sp³-hybridized carbons (Fsp3) is 0.519. The lowest BCUT2D eigenvalue weighted by molar-refractivity contribution is -0.155. The van der Waals surface area contributed by atoms with Crippen molar-refractivity contribution in [1.82, 2.24) is 0 Å². The van der Waals surface area contributed by atoms with E-state index in [-0.39, 0.29) is 31.6 Å². The molecule has 0 radical (unpaired) electrons. The Kier molecular flexibility index (Phi) is 8.92. The normalized spacial score (nSPS) is 23.5. The van der Waals surface area contributed by atoms with E-state index in [0.29, 0.717) is 37.8 Å². The van der Waals surface area contributed by atoms with Crippen molar-refractivity contribution in [2.24, 2.45) is 5.41 Å². The largest absolute Gasteiger partial charge is 0.469 e. The molecular weight excluding hydrogens is 486 g/mol. The highest BCUT2D eigenvalue weighted by Crippen LogP contribution is 2.48. The SMILES string of the molecule is C.COC(=O)C1(C)CCC(CO[C@H](C)c2cc(C(F)(F)F)cc(C(F)(F)F)c2)(c2ccccc2)CC1. The quantitative estimate of drug-likeness (QED) is 0.286. The Labute approximate surface area is 207 Å². The fourth-order valence-corrected chi connectivity index (χ4v) is 4.63. The second-order valence-corrected chi connectivity index (χ2v) is 9.49. The molecule has 1 aliphatic carbocycles. The van der Waals surface area contributed by atoms with E-state index in [0.717, 1.165) is 5.56 Å². The Morgan fingerprint density at radius 1 is 0.917 bits per heavy atom. The van der Waals surface area contributed by atoms with Gasteiger partial charge in [-0.1, -0.05) is 37.8 Å². The number of alkyl halides is 6. The van der Waals surface area contributed by atoms with Crippen molar-refractivity contribution in [3.63, 3.8) is 0 Å². The molecule has 0 spiro atoms. The molecule has 1 aliphatic rings. The van der Waals surface area contributed by atoms with E-state index in [2.05, 4.69) is 0 Å². The minimum absolute atomic E-state index is 0. The van der Waals surface area contributed by atoms with Crippen LogP contribution in [0.4, 0.5) is 26.3 Å². The average molecular weight is 519 g/mol. The van der Waals surface area contributed by atoms with Gasteiger partial charge in [0.2, 0.25) is 0 Å². The molecule has 0 N–H and O–H groups in total. The maximum absolute atomic E-state index is 13.3.